The van der Waals surface area contributed by atoms with Crippen molar-refractivity contribution in [2.45, 2.75) is 26.2 Å². The Balaban J connectivity index is 3.02. The fourth-order valence-corrected chi connectivity index (χ4v) is 1.07. The van der Waals surface area contributed by atoms with Crippen LogP contribution >= 0.6 is 0 Å². The molecule has 68 valence electrons. The first kappa shape index (κ1) is 10.9. The first-order valence-electron chi connectivity index (χ1n) is 4.64. The summed E-state index contributed by atoms with van der Waals surface area (Å²) in [6.07, 6.45) is 3.89. The van der Waals surface area contributed by atoms with E-state index < -0.39 is 0 Å². The van der Waals surface area contributed by atoms with Crippen molar-refractivity contribution in [2.24, 2.45) is 0 Å². The third kappa shape index (κ3) is 7.82. The molecule has 0 aliphatic carbocycles. The van der Waals surface area contributed by atoms with Gasteiger partial charge in [0.25, 0.3) is 0 Å². The topological polar surface area (TPSA) is 15.3 Å². The average Bonchev–Trinajstić information content (AvgIpc) is 2.01. The zero-order valence-electron chi connectivity index (χ0n) is 8.19. The van der Waals surface area contributed by atoms with Crippen LogP contribution < -0.4 is 5.32 Å². The molecule has 2 heteroatoms. The standard InChI is InChI=1S/C9H22N2/c1-4-5-8-11(3)9-6-7-10-2/h10H,4-9H2,1-3H3. The summed E-state index contributed by atoms with van der Waals surface area (Å²) in [6.45, 7) is 5.85. The quantitative estimate of drug-likeness (QED) is 0.562. The fraction of sp³-hybridized carbons (Fsp3) is 1.00. The maximum absolute atomic E-state index is 3.15. The summed E-state index contributed by atoms with van der Waals surface area (Å²) >= 11 is 0. The van der Waals surface area contributed by atoms with Crippen molar-refractivity contribution in [3.63, 3.8) is 0 Å². The summed E-state index contributed by atoms with van der Waals surface area (Å²) in [5, 5.41) is 3.15. The van der Waals surface area contributed by atoms with Crippen LogP contribution in [0.1, 0.15) is 26.2 Å². The van der Waals surface area contributed by atoms with Crippen molar-refractivity contribution >= 4 is 0 Å². The van der Waals surface area contributed by atoms with Crippen LogP contribution in [0.2, 0.25) is 0 Å². The zero-order valence-corrected chi connectivity index (χ0v) is 8.19. The molecule has 0 aliphatic rings. The maximum atomic E-state index is 3.15. The van der Waals surface area contributed by atoms with E-state index >= 15 is 0 Å². The Morgan fingerprint density at radius 3 is 2.36 bits per heavy atom. The summed E-state index contributed by atoms with van der Waals surface area (Å²) in [5.41, 5.74) is 0. The molecule has 0 atom stereocenters. The minimum absolute atomic E-state index is 1.14. The van der Waals surface area contributed by atoms with Crippen molar-refractivity contribution in [3.05, 3.63) is 0 Å². The maximum Gasteiger partial charge on any atom is -0.000969 e. The van der Waals surface area contributed by atoms with E-state index in [9.17, 15) is 0 Å². The molecule has 0 saturated heterocycles. The van der Waals surface area contributed by atoms with E-state index in [0.717, 1.165) is 6.54 Å². The smallest absolute Gasteiger partial charge is 0.000969 e. The van der Waals surface area contributed by atoms with Gasteiger partial charge >= 0.3 is 0 Å². The lowest BCUT2D eigenvalue weighted by atomic mass is 10.3. The normalized spacial score (nSPS) is 10.9. The SMILES string of the molecule is CCCCN(C)CCCNC. The highest BCUT2D eigenvalue weighted by atomic mass is 15.1. The van der Waals surface area contributed by atoms with Gasteiger partial charge in [-0.25, -0.2) is 0 Å². The van der Waals surface area contributed by atoms with Crippen LogP contribution in [0.4, 0.5) is 0 Å². The van der Waals surface area contributed by atoms with Crippen LogP contribution in [0, 0.1) is 0 Å². The lowest BCUT2D eigenvalue weighted by Crippen LogP contribution is -2.23. The van der Waals surface area contributed by atoms with Crippen LogP contribution in [-0.2, 0) is 0 Å². The third-order valence-electron chi connectivity index (χ3n) is 1.86. The van der Waals surface area contributed by atoms with Gasteiger partial charge in [0.1, 0.15) is 0 Å². The molecule has 0 heterocycles. The Morgan fingerprint density at radius 2 is 1.82 bits per heavy atom. The number of hydrogen-bond acceptors (Lipinski definition) is 2. The second-order valence-corrected chi connectivity index (χ2v) is 3.11. The average molecular weight is 158 g/mol. The van der Waals surface area contributed by atoms with Crippen LogP contribution in [-0.4, -0.2) is 38.6 Å². The van der Waals surface area contributed by atoms with Gasteiger partial charge in [-0.1, -0.05) is 13.3 Å². The monoisotopic (exact) mass is 158 g/mol. The van der Waals surface area contributed by atoms with Gasteiger partial charge < -0.3 is 10.2 Å². The Bertz CT molecular complexity index is 74.0. The molecule has 0 unspecified atom stereocenters. The highest BCUT2D eigenvalue weighted by Crippen LogP contribution is 1.92. The van der Waals surface area contributed by atoms with E-state index in [1.807, 2.05) is 7.05 Å². The van der Waals surface area contributed by atoms with Gasteiger partial charge in [-0.2, -0.15) is 0 Å². The molecule has 11 heavy (non-hydrogen) atoms. The second kappa shape index (κ2) is 8.02. The Morgan fingerprint density at radius 1 is 1.18 bits per heavy atom. The minimum atomic E-state index is 1.14. The minimum Gasteiger partial charge on any atom is -0.320 e. The molecular weight excluding hydrogens is 136 g/mol. The van der Waals surface area contributed by atoms with E-state index in [-0.39, 0.29) is 0 Å². The summed E-state index contributed by atoms with van der Waals surface area (Å²) < 4.78 is 0. The van der Waals surface area contributed by atoms with Crippen molar-refractivity contribution < 1.29 is 0 Å². The summed E-state index contributed by atoms with van der Waals surface area (Å²) in [7, 11) is 4.21. The summed E-state index contributed by atoms with van der Waals surface area (Å²) in [4.78, 5) is 2.40. The van der Waals surface area contributed by atoms with Gasteiger partial charge in [0.2, 0.25) is 0 Å². The Kier molecular flexibility index (Phi) is 7.96. The number of nitrogens with one attached hydrogen (secondary N) is 1. The molecule has 0 aromatic rings. The molecule has 0 rings (SSSR count). The van der Waals surface area contributed by atoms with E-state index in [0.29, 0.717) is 0 Å². The molecule has 0 radical (unpaired) electrons. The number of unbranched alkanes of at least 4 members (excludes halogenated alkanes) is 1. The lowest BCUT2D eigenvalue weighted by Gasteiger charge is -2.15. The first-order chi connectivity index (χ1) is 5.31. The highest BCUT2D eigenvalue weighted by molar-refractivity contribution is 4.52. The van der Waals surface area contributed by atoms with Crippen LogP contribution in [0.15, 0.2) is 0 Å². The van der Waals surface area contributed by atoms with Crippen molar-refractivity contribution in [3.8, 4) is 0 Å². The number of hydrogen-bond donors (Lipinski definition) is 1. The molecule has 0 saturated carbocycles. The molecule has 1 N–H and O–H groups in total. The van der Waals surface area contributed by atoms with Crippen molar-refractivity contribution in [1.29, 1.82) is 0 Å². The van der Waals surface area contributed by atoms with Crippen LogP contribution in [0.5, 0.6) is 0 Å². The van der Waals surface area contributed by atoms with Gasteiger partial charge in [-0.15, -0.1) is 0 Å². The van der Waals surface area contributed by atoms with E-state index in [4.69, 9.17) is 0 Å². The fourth-order valence-electron chi connectivity index (χ4n) is 1.07. The van der Waals surface area contributed by atoms with Crippen LogP contribution in [0.3, 0.4) is 0 Å². The summed E-state index contributed by atoms with van der Waals surface area (Å²) in [5.74, 6) is 0. The molecule has 0 aromatic heterocycles. The van der Waals surface area contributed by atoms with Crippen molar-refractivity contribution in [2.75, 3.05) is 33.7 Å². The van der Waals surface area contributed by atoms with E-state index in [1.165, 1.54) is 32.4 Å². The lowest BCUT2D eigenvalue weighted by molar-refractivity contribution is 0.322. The molecule has 0 bridgehead atoms. The van der Waals surface area contributed by atoms with Gasteiger partial charge in [0.05, 0.1) is 0 Å². The van der Waals surface area contributed by atoms with Gasteiger partial charge in [-0.3, -0.25) is 0 Å². The Hall–Kier alpha value is -0.0800. The zero-order chi connectivity index (χ0) is 8.53. The van der Waals surface area contributed by atoms with E-state index in [1.54, 1.807) is 0 Å². The molecular formula is C9H22N2. The number of rotatable bonds is 7. The summed E-state index contributed by atoms with van der Waals surface area (Å²) in [6, 6.07) is 0. The van der Waals surface area contributed by atoms with Gasteiger partial charge in [-0.05, 0) is 46.6 Å². The second-order valence-electron chi connectivity index (χ2n) is 3.11. The molecule has 0 amide bonds. The largest absolute Gasteiger partial charge is 0.320 e. The predicted molar refractivity (Wildman–Crippen MR) is 50.9 cm³/mol. The van der Waals surface area contributed by atoms with Gasteiger partial charge in [0.15, 0.2) is 0 Å². The van der Waals surface area contributed by atoms with Gasteiger partial charge in [0, 0.05) is 0 Å². The Labute approximate surface area is 71.0 Å². The molecule has 0 fully saturated rings. The molecule has 0 aromatic carbocycles. The molecule has 0 aliphatic heterocycles. The predicted octanol–water partition coefficient (Wildman–Crippen LogP) is 1.33. The van der Waals surface area contributed by atoms with Crippen LogP contribution in [0.25, 0.3) is 0 Å². The number of nitrogens with zero attached hydrogens (tertiary/aromatic N) is 1. The highest BCUT2D eigenvalue weighted by Gasteiger charge is 1.94. The third-order valence-corrected chi connectivity index (χ3v) is 1.86. The van der Waals surface area contributed by atoms with Crippen molar-refractivity contribution in [1.82, 2.24) is 10.2 Å². The first-order valence-corrected chi connectivity index (χ1v) is 4.64. The van der Waals surface area contributed by atoms with E-state index in [2.05, 4.69) is 24.2 Å². The molecule has 2 nitrogen and oxygen atoms in total. The molecule has 0 spiro atoms.